The molecule has 23 heavy (non-hydrogen) atoms. The summed E-state index contributed by atoms with van der Waals surface area (Å²) in [5.74, 6) is 1.30. The number of phenols is 1. The molecule has 0 atom stereocenters. The van der Waals surface area contributed by atoms with Crippen LogP contribution in [0.15, 0.2) is 12.1 Å². The van der Waals surface area contributed by atoms with Crippen molar-refractivity contribution in [3.05, 3.63) is 29.1 Å². The molecule has 1 N–H and O–H groups in total. The monoisotopic (exact) mass is 318 g/mol. The van der Waals surface area contributed by atoms with E-state index in [0.29, 0.717) is 17.9 Å². The average molecular weight is 318 g/mol. The number of aromatic nitrogens is 4. The zero-order valence-electron chi connectivity index (χ0n) is 13.7. The highest BCUT2D eigenvalue weighted by atomic mass is 16.5. The molecule has 1 heterocycles. The molecule has 2 rings (SSSR count). The number of Topliss-reactive ketones (excluding diaryl/α,β-unsaturated/α-hetero) is 1. The fourth-order valence-electron chi connectivity index (χ4n) is 2.33. The van der Waals surface area contributed by atoms with Crippen LogP contribution in [0.1, 0.15) is 48.4 Å². The van der Waals surface area contributed by atoms with E-state index in [9.17, 15) is 9.90 Å². The normalized spacial score (nSPS) is 10.7. The summed E-state index contributed by atoms with van der Waals surface area (Å²) in [6.07, 6.45) is 3.29. The molecular weight excluding hydrogens is 296 g/mol. The largest absolute Gasteiger partial charge is 0.507 e. The summed E-state index contributed by atoms with van der Waals surface area (Å²) in [6.45, 7) is 3.97. The summed E-state index contributed by atoms with van der Waals surface area (Å²) in [5.41, 5.74) is 1.26. The number of nitrogens with zero attached hydrogens (tertiary/aromatic N) is 4. The van der Waals surface area contributed by atoms with E-state index >= 15 is 0 Å². The van der Waals surface area contributed by atoms with E-state index in [-0.39, 0.29) is 11.5 Å². The number of rotatable bonds is 8. The lowest BCUT2D eigenvalue weighted by Gasteiger charge is -2.13. The lowest BCUT2D eigenvalue weighted by atomic mass is 10.0. The number of tetrazole rings is 1. The molecule has 0 unspecified atom stereocenters. The van der Waals surface area contributed by atoms with Crippen LogP contribution in [0.2, 0.25) is 0 Å². The van der Waals surface area contributed by atoms with Gasteiger partial charge in [0.2, 0.25) is 0 Å². The molecular formula is C16H22N4O3. The van der Waals surface area contributed by atoms with Crippen molar-refractivity contribution in [2.75, 3.05) is 6.61 Å². The van der Waals surface area contributed by atoms with Crippen molar-refractivity contribution in [1.29, 1.82) is 0 Å². The van der Waals surface area contributed by atoms with Crippen LogP contribution in [-0.4, -0.2) is 37.7 Å². The van der Waals surface area contributed by atoms with Crippen molar-refractivity contribution in [1.82, 2.24) is 20.2 Å². The number of ether oxygens (including phenoxy) is 1. The van der Waals surface area contributed by atoms with E-state index in [1.165, 1.54) is 13.0 Å². The minimum atomic E-state index is -0.152. The second kappa shape index (κ2) is 7.71. The molecule has 0 aliphatic heterocycles. The van der Waals surface area contributed by atoms with Crippen molar-refractivity contribution in [3.63, 3.8) is 0 Å². The molecule has 0 radical (unpaired) electrons. The molecule has 0 aliphatic rings. The molecule has 0 amide bonds. The second-order valence-electron chi connectivity index (χ2n) is 5.41. The number of unbranched alkanes of at least 4 members (excludes halogenated alkanes) is 1. The summed E-state index contributed by atoms with van der Waals surface area (Å²) < 4.78 is 7.42. The summed E-state index contributed by atoms with van der Waals surface area (Å²) in [5, 5.41) is 21.2. The first-order chi connectivity index (χ1) is 11.0. The maximum atomic E-state index is 11.5. The Labute approximate surface area is 135 Å². The molecule has 124 valence electrons. The van der Waals surface area contributed by atoms with Crippen LogP contribution in [-0.2, 0) is 19.9 Å². The third kappa shape index (κ3) is 4.28. The van der Waals surface area contributed by atoms with Gasteiger partial charge in [-0.05, 0) is 48.2 Å². The minimum Gasteiger partial charge on any atom is -0.507 e. The Hall–Kier alpha value is -2.44. The Kier molecular flexibility index (Phi) is 5.67. The zero-order chi connectivity index (χ0) is 16.8. The molecule has 0 saturated heterocycles. The first kappa shape index (κ1) is 16.9. The van der Waals surface area contributed by atoms with Crippen LogP contribution in [0, 0.1) is 0 Å². The van der Waals surface area contributed by atoms with Gasteiger partial charge in [0.25, 0.3) is 0 Å². The molecule has 2 aromatic rings. The van der Waals surface area contributed by atoms with Gasteiger partial charge in [0.1, 0.15) is 11.5 Å². The van der Waals surface area contributed by atoms with Crippen molar-refractivity contribution in [2.45, 2.75) is 39.5 Å². The predicted molar refractivity (Wildman–Crippen MR) is 84.7 cm³/mol. The second-order valence-corrected chi connectivity index (χ2v) is 5.41. The van der Waals surface area contributed by atoms with Crippen LogP contribution in [0.5, 0.6) is 11.5 Å². The topological polar surface area (TPSA) is 90.1 Å². The first-order valence-corrected chi connectivity index (χ1v) is 7.73. The number of aryl methyl sites for hydroxylation is 3. The number of carbonyl (C=O) groups is 1. The van der Waals surface area contributed by atoms with Crippen LogP contribution < -0.4 is 4.74 Å². The molecule has 0 aliphatic carbocycles. The number of aromatic hydroxyl groups is 1. The lowest BCUT2D eigenvalue weighted by molar-refractivity contribution is 0.101. The van der Waals surface area contributed by atoms with Gasteiger partial charge in [-0.15, -0.1) is 5.10 Å². The molecule has 0 spiro atoms. The van der Waals surface area contributed by atoms with Crippen LogP contribution >= 0.6 is 0 Å². The molecule has 0 fully saturated rings. The number of hydrogen-bond donors (Lipinski definition) is 1. The molecule has 7 heteroatoms. The molecule has 7 nitrogen and oxygen atoms in total. The first-order valence-electron chi connectivity index (χ1n) is 7.73. The maximum Gasteiger partial charge on any atom is 0.163 e. The fraction of sp³-hybridized carbons (Fsp3) is 0.500. The predicted octanol–water partition coefficient (Wildman–Crippen LogP) is 2.08. The number of phenolic OH excluding ortho intramolecular Hbond substituents is 1. The maximum absolute atomic E-state index is 11.5. The molecule has 0 saturated carbocycles. The fourth-order valence-corrected chi connectivity index (χ4v) is 2.33. The van der Waals surface area contributed by atoms with Crippen LogP contribution in [0.25, 0.3) is 0 Å². The molecule has 0 bridgehead atoms. The van der Waals surface area contributed by atoms with Crippen LogP contribution in [0.3, 0.4) is 0 Å². The van der Waals surface area contributed by atoms with Crippen molar-refractivity contribution in [3.8, 4) is 11.5 Å². The SMILES string of the molecule is CCc1cc(C(C)=O)c(O)cc1OCCCCc1nnnn1C. The number of hydrogen-bond acceptors (Lipinski definition) is 6. The van der Waals surface area contributed by atoms with Crippen molar-refractivity contribution in [2.24, 2.45) is 7.05 Å². The van der Waals surface area contributed by atoms with Crippen molar-refractivity contribution >= 4 is 5.78 Å². The van der Waals surface area contributed by atoms with Gasteiger partial charge in [0.05, 0.1) is 12.2 Å². The Morgan fingerprint density at radius 1 is 1.35 bits per heavy atom. The number of benzene rings is 1. The summed E-state index contributed by atoms with van der Waals surface area (Å²) in [7, 11) is 1.82. The number of ketones is 1. The van der Waals surface area contributed by atoms with E-state index in [4.69, 9.17) is 4.74 Å². The van der Waals surface area contributed by atoms with Gasteiger partial charge in [0, 0.05) is 19.5 Å². The Balaban J connectivity index is 1.89. The quantitative estimate of drug-likeness (QED) is 0.592. The van der Waals surface area contributed by atoms with Gasteiger partial charge in [-0.1, -0.05) is 6.92 Å². The average Bonchev–Trinajstić information content (AvgIpc) is 2.92. The highest BCUT2D eigenvalue weighted by Gasteiger charge is 2.12. The third-order valence-corrected chi connectivity index (χ3v) is 3.70. The van der Waals surface area contributed by atoms with E-state index in [1.807, 2.05) is 14.0 Å². The van der Waals surface area contributed by atoms with Gasteiger partial charge in [-0.3, -0.25) is 4.79 Å². The third-order valence-electron chi connectivity index (χ3n) is 3.70. The Morgan fingerprint density at radius 3 is 2.74 bits per heavy atom. The lowest BCUT2D eigenvalue weighted by Crippen LogP contribution is -2.04. The smallest absolute Gasteiger partial charge is 0.163 e. The molecule has 1 aromatic carbocycles. The minimum absolute atomic E-state index is 0.0325. The highest BCUT2D eigenvalue weighted by Crippen LogP contribution is 2.29. The summed E-state index contributed by atoms with van der Waals surface area (Å²) in [6, 6.07) is 3.24. The number of carbonyl (C=O) groups excluding carboxylic acids is 1. The van der Waals surface area contributed by atoms with Gasteiger partial charge in [0.15, 0.2) is 11.6 Å². The van der Waals surface area contributed by atoms with Crippen LogP contribution in [0.4, 0.5) is 0 Å². The van der Waals surface area contributed by atoms with Gasteiger partial charge in [-0.2, -0.15) is 0 Å². The highest BCUT2D eigenvalue weighted by molar-refractivity contribution is 5.97. The van der Waals surface area contributed by atoms with E-state index in [0.717, 1.165) is 37.1 Å². The van der Waals surface area contributed by atoms with E-state index < -0.39 is 0 Å². The van der Waals surface area contributed by atoms with Crippen molar-refractivity contribution < 1.29 is 14.6 Å². The Bertz CT molecular complexity index is 682. The zero-order valence-corrected chi connectivity index (χ0v) is 13.7. The standard InChI is InChI=1S/C16H22N4O3/c1-4-12-9-13(11(2)21)14(22)10-15(12)23-8-6-5-7-16-17-18-19-20(16)3/h9-10,22H,4-8H2,1-3H3. The summed E-state index contributed by atoms with van der Waals surface area (Å²) in [4.78, 5) is 11.5. The van der Waals surface area contributed by atoms with E-state index in [1.54, 1.807) is 10.7 Å². The van der Waals surface area contributed by atoms with Gasteiger partial charge < -0.3 is 9.84 Å². The Morgan fingerprint density at radius 2 is 2.13 bits per heavy atom. The molecule has 1 aromatic heterocycles. The van der Waals surface area contributed by atoms with Gasteiger partial charge >= 0.3 is 0 Å². The van der Waals surface area contributed by atoms with E-state index in [2.05, 4.69) is 15.5 Å². The summed E-state index contributed by atoms with van der Waals surface area (Å²) >= 11 is 0. The van der Waals surface area contributed by atoms with Gasteiger partial charge in [-0.25, -0.2) is 4.68 Å².